The van der Waals surface area contributed by atoms with E-state index < -0.39 is 11.7 Å². The molecule has 0 radical (unpaired) electrons. The monoisotopic (exact) mass is 220 g/mol. The molecule has 0 aliphatic heterocycles. The van der Waals surface area contributed by atoms with Crippen LogP contribution in [0.25, 0.3) is 0 Å². The summed E-state index contributed by atoms with van der Waals surface area (Å²) < 4.78 is 39.4. The molecule has 1 aliphatic rings. The van der Waals surface area contributed by atoms with Crippen molar-refractivity contribution < 1.29 is 13.2 Å². The van der Waals surface area contributed by atoms with Gasteiger partial charge in [-0.25, -0.2) is 0 Å². The van der Waals surface area contributed by atoms with Gasteiger partial charge in [-0.05, 0) is 19.8 Å². The molecule has 0 amide bonds. The van der Waals surface area contributed by atoms with E-state index in [0.717, 1.165) is 19.8 Å². The first-order valence-electron chi connectivity index (χ1n) is 4.59. The van der Waals surface area contributed by atoms with Crippen LogP contribution in [0.15, 0.2) is 6.33 Å². The maximum absolute atomic E-state index is 12.7. The number of rotatable bonds is 2. The lowest BCUT2D eigenvalue weighted by Crippen LogP contribution is -2.49. The highest BCUT2D eigenvalue weighted by Gasteiger charge is 2.53. The predicted molar refractivity (Wildman–Crippen MR) is 45.9 cm³/mol. The number of nitrogens with two attached hydrogens (primary N) is 1. The number of halogens is 3. The normalized spacial score (nSPS) is 21.4. The van der Waals surface area contributed by atoms with Gasteiger partial charge in [-0.15, -0.1) is 10.2 Å². The molecule has 4 nitrogen and oxygen atoms in total. The topological polar surface area (TPSA) is 56.7 Å². The Hall–Kier alpha value is -1.11. The molecule has 2 N–H and O–H groups in total. The third kappa shape index (κ3) is 1.60. The highest BCUT2D eigenvalue weighted by atomic mass is 19.4. The van der Waals surface area contributed by atoms with Gasteiger partial charge in [0.25, 0.3) is 0 Å². The molecule has 84 valence electrons. The molecule has 0 spiro atoms. The van der Waals surface area contributed by atoms with Crippen LogP contribution in [0.5, 0.6) is 0 Å². The second-order valence-electron chi connectivity index (χ2n) is 3.99. The number of aromatic nitrogens is 3. The molecule has 0 bridgehead atoms. The fourth-order valence-corrected chi connectivity index (χ4v) is 1.36. The molecule has 0 aromatic carbocycles. The summed E-state index contributed by atoms with van der Waals surface area (Å²) in [7, 11) is 0. The van der Waals surface area contributed by atoms with Gasteiger partial charge in [0, 0.05) is 6.04 Å². The van der Waals surface area contributed by atoms with Gasteiger partial charge in [-0.2, -0.15) is 13.2 Å². The molecule has 1 fully saturated rings. The Morgan fingerprint density at radius 3 is 2.53 bits per heavy atom. The summed E-state index contributed by atoms with van der Waals surface area (Å²) in [6.07, 6.45) is -1.49. The van der Waals surface area contributed by atoms with Crippen LogP contribution in [-0.2, 0) is 5.54 Å². The molecule has 1 aromatic heterocycles. The van der Waals surface area contributed by atoms with Gasteiger partial charge in [-0.1, -0.05) is 0 Å². The molecule has 1 saturated carbocycles. The first kappa shape index (κ1) is 10.4. The molecular formula is C8H11F3N4. The van der Waals surface area contributed by atoms with Crippen LogP contribution >= 0.6 is 0 Å². The summed E-state index contributed by atoms with van der Waals surface area (Å²) in [5.74, 6) is -0.211. The second kappa shape index (κ2) is 2.94. The summed E-state index contributed by atoms with van der Waals surface area (Å²) in [5, 5.41) is 6.98. The van der Waals surface area contributed by atoms with Gasteiger partial charge in [0.2, 0.25) is 0 Å². The van der Waals surface area contributed by atoms with E-state index >= 15 is 0 Å². The van der Waals surface area contributed by atoms with Gasteiger partial charge in [-0.3, -0.25) is 0 Å². The van der Waals surface area contributed by atoms with Crippen LogP contribution in [0.3, 0.4) is 0 Å². The average Bonchev–Trinajstić information content (AvgIpc) is 2.81. The van der Waals surface area contributed by atoms with E-state index in [9.17, 15) is 13.2 Å². The average molecular weight is 220 g/mol. The Labute approximate surface area is 84.3 Å². The maximum atomic E-state index is 12.7. The van der Waals surface area contributed by atoms with Crippen molar-refractivity contribution in [3.8, 4) is 0 Å². The van der Waals surface area contributed by atoms with Crippen LogP contribution < -0.4 is 5.73 Å². The second-order valence-corrected chi connectivity index (χ2v) is 3.99. The predicted octanol–water partition coefficient (Wildman–Crippen LogP) is 1.35. The number of hydrogen-bond donors (Lipinski definition) is 1. The van der Waals surface area contributed by atoms with E-state index in [4.69, 9.17) is 5.73 Å². The van der Waals surface area contributed by atoms with Crippen molar-refractivity contribution in [2.75, 3.05) is 0 Å². The summed E-state index contributed by atoms with van der Waals surface area (Å²) in [5.41, 5.74) is 2.84. The van der Waals surface area contributed by atoms with Crippen LogP contribution in [0.2, 0.25) is 0 Å². The molecule has 1 atom stereocenters. The summed E-state index contributed by atoms with van der Waals surface area (Å²) in [6.45, 7) is 0.913. The summed E-state index contributed by atoms with van der Waals surface area (Å²) in [4.78, 5) is 0. The first-order chi connectivity index (χ1) is 6.84. The molecule has 15 heavy (non-hydrogen) atoms. The third-order valence-electron chi connectivity index (χ3n) is 2.57. The lowest BCUT2D eigenvalue weighted by molar-refractivity contribution is -0.187. The van der Waals surface area contributed by atoms with Crippen LogP contribution in [0.1, 0.15) is 31.6 Å². The molecule has 1 aliphatic carbocycles. The Morgan fingerprint density at radius 2 is 2.07 bits per heavy atom. The highest BCUT2D eigenvalue weighted by Crippen LogP contribution is 2.41. The van der Waals surface area contributed by atoms with E-state index in [-0.39, 0.29) is 11.9 Å². The minimum atomic E-state index is -4.52. The van der Waals surface area contributed by atoms with E-state index in [0.29, 0.717) is 0 Å². The van der Waals surface area contributed by atoms with Crippen molar-refractivity contribution >= 4 is 0 Å². The number of hydrogen-bond acceptors (Lipinski definition) is 3. The zero-order chi connectivity index (χ0) is 11.3. The van der Waals surface area contributed by atoms with Gasteiger partial charge in [0.1, 0.15) is 6.33 Å². The van der Waals surface area contributed by atoms with Gasteiger partial charge < -0.3 is 10.3 Å². The standard InChI is InChI=1S/C8H11F3N4/c1-7(12,8(9,10)11)6-14-13-4-15(6)5-2-3-5/h4-5H,2-3,12H2,1H3. The quantitative estimate of drug-likeness (QED) is 0.818. The Kier molecular flexibility index (Phi) is 2.04. The Bertz CT molecular complexity index is 364. The SMILES string of the molecule is CC(N)(c1nncn1C1CC1)C(F)(F)F. The molecular weight excluding hydrogens is 209 g/mol. The molecule has 1 unspecified atom stereocenters. The fourth-order valence-electron chi connectivity index (χ4n) is 1.36. The van der Waals surface area contributed by atoms with Gasteiger partial charge in [0.05, 0.1) is 0 Å². The Balaban J connectivity index is 2.39. The lowest BCUT2D eigenvalue weighted by Gasteiger charge is -2.26. The van der Waals surface area contributed by atoms with Crippen molar-refractivity contribution in [2.24, 2.45) is 5.73 Å². The minimum Gasteiger partial charge on any atom is -0.313 e. The summed E-state index contributed by atoms with van der Waals surface area (Å²) >= 11 is 0. The van der Waals surface area contributed by atoms with Crippen LogP contribution in [0, 0.1) is 0 Å². The lowest BCUT2D eigenvalue weighted by atomic mass is 10.0. The third-order valence-corrected chi connectivity index (χ3v) is 2.57. The molecule has 1 aromatic rings. The van der Waals surface area contributed by atoms with Crippen molar-refractivity contribution in [3.63, 3.8) is 0 Å². The molecule has 0 saturated heterocycles. The highest BCUT2D eigenvalue weighted by molar-refractivity contribution is 5.09. The number of alkyl halides is 3. The molecule has 1 heterocycles. The Morgan fingerprint density at radius 1 is 1.47 bits per heavy atom. The van der Waals surface area contributed by atoms with Crippen molar-refractivity contribution in [1.82, 2.24) is 14.8 Å². The molecule has 7 heteroatoms. The van der Waals surface area contributed by atoms with Crippen molar-refractivity contribution in [1.29, 1.82) is 0 Å². The van der Waals surface area contributed by atoms with Crippen LogP contribution in [-0.4, -0.2) is 20.9 Å². The smallest absolute Gasteiger partial charge is 0.313 e. The fraction of sp³-hybridized carbons (Fsp3) is 0.750. The number of nitrogens with zero attached hydrogens (tertiary/aromatic N) is 3. The van der Waals surface area contributed by atoms with E-state index in [1.54, 1.807) is 0 Å². The minimum absolute atomic E-state index is 0.0835. The zero-order valence-corrected chi connectivity index (χ0v) is 8.12. The molecule has 2 rings (SSSR count). The van der Waals surface area contributed by atoms with Crippen LogP contribution in [0.4, 0.5) is 13.2 Å². The van der Waals surface area contributed by atoms with Crippen molar-refractivity contribution in [2.45, 2.75) is 37.5 Å². The van der Waals surface area contributed by atoms with E-state index in [1.165, 1.54) is 10.9 Å². The van der Waals surface area contributed by atoms with E-state index in [2.05, 4.69) is 10.2 Å². The van der Waals surface area contributed by atoms with Crippen molar-refractivity contribution in [3.05, 3.63) is 12.2 Å². The first-order valence-corrected chi connectivity index (χ1v) is 4.59. The maximum Gasteiger partial charge on any atom is 0.413 e. The van der Waals surface area contributed by atoms with E-state index in [1.807, 2.05) is 0 Å². The summed E-state index contributed by atoms with van der Waals surface area (Å²) in [6, 6.07) is 0.0835. The largest absolute Gasteiger partial charge is 0.413 e. The zero-order valence-electron chi connectivity index (χ0n) is 8.12. The van der Waals surface area contributed by atoms with Gasteiger partial charge in [0.15, 0.2) is 11.4 Å². The van der Waals surface area contributed by atoms with Gasteiger partial charge >= 0.3 is 6.18 Å².